The van der Waals surface area contributed by atoms with E-state index in [0.29, 0.717) is 0 Å². The molecule has 1 aromatic carbocycles. The van der Waals surface area contributed by atoms with Crippen LogP contribution in [0.1, 0.15) is 24.0 Å². The Morgan fingerprint density at radius 1 is 1.33 bits per heavy atom. The molecule has 2 rings (SSSR count). The predicted molar refractivity (Wildman–Crippen MR) is 65.3 cm³/mol. The molecule has 15 heavy (non-hydrogen) atoms. The molecule has 0 amide bonds. The number of rotatable bonds is 3. The average molecular weight is 268 g/mol. The number of aryl methyl sites for hydroxylation is 2. The Balaban J connectivity index is 2.26. The van der Waals surface area contributed by atoms with Crippen LogP contribution < -0.4 is 5.32 Å². The van der Waals surface area contributed by atoms with Crippen LogP contribution in [0.2, 0.25) is 0 Å². The molecule has 80 valence electrons. The number of carbonyl (C=O) groups is 1. The minimum Gasteiger partial charge on any atom is -0.373 e. The number of anilines is 1. The maximum atomic E-state index is 10.9. The lowest BCUT2D eigenvalue weighted by Gasteiger charge is -2.14. The van der Waals surface area contributed by atoms with Crippen LogP contribution in [0.25, 0.3) is 0 Å². The Hall–Kier alpha value is -0.830. The van der Waals surface area contributed by atoms with E-state index in [-0.39, 0.29) is 5.54 Å². The normalized spacial score (nSPS) is 17.3. The van der Waals surface area contributed by atoms with Crippen molar-refractivity contribution in [3.05, 3.63) is 27.7 Å². The molecule has 1 fully saturated rings. The van der Waals surface area contributed by atoms with Gasteiger partial charge in [-0.2, -0.15) is 0 Å². The lowest BCUT2D eigenvalue weighted by atomic mass is 10.1. The van der Waals surface area contributed by atoms with Gasteiger partial charge in [0.2, 0.25) is 0 Å². The minimum atomic E-state index is -0.271. The molecule has 1 aliphatic carbocycles. The highest BCUT2D eigenvalue weighted by Gasteiger charge is 2.42. The van der Waals surface area contributed by atoms with Crippen LogP contribution in [-0.2, 0) is 4.79 Å². The second-order valence-corrected chi connectivity index (χ2v) is 5.12. The van der Waals surface area contributed by atoms with E-state index in [4.69, 9.17) is 0 Å². The predicted octanol–water partition coefficient (Wildman–Crippen LogP) is 3.21. The Bertz CT molecular complexity index is 387. The summed E-state index contributed by atoms with van der Waals surface area (Å²) < 4.78 is 1.14. The van der Waals surface area contributed by atoms with Crippen LogP contribution >= 0.6 is 15.9 Å². The molecule has 0 atom stereocenters. The first-order valence-electron chi connectivity index (χ1n) is 5.08. The van der Waals surface area contributed by atoms with Gasteiger partial charge >= 0.3 is 0 Å². The van der Waals surface area contributed by atoms with Crippen molar-refractivity contribution in [2.45, 2.75) is 32.2 Å². The number of benzene rings is 1. The van der Waals surface area contributed by atoms with Crippen molar-refractivity contribution in [3.8, 4) is 0 Å². The van der Waals surface area contributed by atoms with Crippen molar-refractivity contribution in [1.29, 1.82) is 0 Å². The summed E-state index contributed by atoms with van der Waals surface area (Å²) in [5.41, 5.74) is 3.16. The van der Waals surface area contributed by atoms with Crippen molar-refractivity contribution in [2.24, 2.45) is 0 Å². The summed E-state index contributed by atoms with van der Waals surface area (Å²) in [7, 11) is 0. The second kappa shape index (κ2) is 3.63. The highest BCUT2D eigenvalue weighted by atomic mass is 79.9. The van der Waals surface area contributed by atoms with Crippen LogP contribution in [0.15, 0.2) is 16.6 Å². The fourth-order valence-corrected chi connectivity index (χ4v) is 1.94. The first kappa shape index (κ1) is 10.7. The van der Waals surface area contributed by atoms with E-state index in [2.05, 4.69) is 47.2 Å². The van der Waals surface area contributed by atoms with E-state index in [0.717, 1.165) is 29.3 Å². The number of hydrogen-bond donors (Lipinski definition) is 1. The molecular formula is C12H14BrNO. The highest BCUT2D eigenvalue weighted by molar-refractivity contribution is 9.10. The van der Waals surface area contributed by atoms with Gasteiger partial charge < -0.3 is 10.1 Å². The average Bonchev–Trinajstić information content (AvgIpc) is 2.95. The molecule has 0 unspecified atom stereocenters. The maximum absolute atomic E-state index is 10.9. The summed E-state index contributed by atoms with van der Waals surface area (Å²) in [6.45, 7) is 4.12. The molecule has 1 saturated carbocycles. The summed E-state index contributed by atoms with van der Waals surface area (Å²) in [4.78, 5) is 10.9. The molecule has 0 heterocycles. The first-order valence-corrected chi connectivity index (χ1v) is 5.87. The highest BCUT2D eigenvalue weighted by Crippen LogP contribution is 2.37. The molecule has 0 bridgehead atoms. The Kier molecular flexibility index (Phi) is 2.59. The monoisotopic (exact) mass is 267 g/mol. The van der Waals surface area contributed by atoms with Crippen LogP contribution in [0.4, 0.5) is 5.69 Å². The van der Waals surface area contributed by atoms with Gasteiger partial charge in [-0.15, -0.1) is 0 Å². The standard InChI is InChI=1S/C12H14BrNO/c1-8-5-10(6-9(2)11(8)13)14-12(7-15)3-4-12/h5-7,14H,3-4H2,1-2H3. The van der Waals surface area contributed by atoms with Crippen molar-refractivity contribution in [2.75, 3.05) is 5.32 Å². The van der Waals surface area contributed by atoms with Crippen LogP contribution in [-0.4, -0.2) is 11.8 Å². The third-order valence-electron chi connectivity index (χ3n) is 2.84. The topological polar surface area (TPSA) is 29.1 Å². The van der Waals surface area contributed by atoms with E-state index in [9.17, 15) is 4.79 Å². The zero-order valence-corrected chi connectivity index (χ0v) is 10.5. The van der Waals surface area contributed by atoms with E-state index >= 15 is 0 Å². The lowest BCUT2D eigenvalue weighted by Crippen LogP contribution is -2.22. The molecule has 0 radical (unpaired) electrons. The van der Waals surface area contributed by atoms with E-state index < -0.39 is 0 Å². The van der Waals surface area contributed by atoms with Gasteiger partial charge in [-0.25, -0.2) is 0 Å². The van der Waals surface area contributed by atoms with Crippen LogP contribution in [0, 0.1) is 13.8 Å². The molecule has 1 N–H and O–H groups in total. The van der Waals surface area contributed by atoms with Crippen molar-refractivity contribution in [3.63, 3.8) is 0 Å². The SMILES string of the molecule is Cc1cc(NC2(C=O)CC2)cc(C)c1Br. The summed E-state index contributed by atoms with van der Waals surface area (Å²) in [6, 6.07) is 4.14. The molecule has 0 aliphatic heterocycles. The molecule has 1 aromatic rings. The van der Waals surface area contributed by atoms with E-state index in [1.54, 1.807) is 0 Å². The molecule has 3 heteroatoms. The first-order chi connectivity index (χ1) is 7.06. The maximum Gasteiger partial charge on any atom is 0.145 e. The molecular weight excluding hydrogens is 254 g/mol. The van der Waals surface area contributed by atoms with Gasteiger partial charge in [0.15, 0.2) is 0 Å². The molecule has 1 aliphatic rings. The van der Waals surface area contributed by atoms with Crippen molar-refractivity contribution >= 4 is 27.9 Å². The number of halogens is 1. The zero-order valence-electron chi connectivity index (χ0n) is 8.93. The Morgan fingerprint density at radius 3 is 2.27 bits per heavy atom. The lowest BCUT2D eigenvalue weighted by molar-refractivity contribution is -0.109. The molecule has 0 spiro atoms. The number of nitrogens with one attached hydrogen (secondary N) is 1. The third kappa shape index (κ3) is 2.07. The number of hydrogen-bond acceptors (Lipinski definition) is 2. The Labute approximate surface area is 98.2 Å². The van der Waals surface area contributed by atoms with Crippen molar-refractivity contribution < 1.29 is 4.79 Å². The zero-order chi connectivity index (χ0) is 11.1. The smallest absolute Gasteiger partial charge is 0.145 e. The summed E-state index contributed by atoms with van der Waals surface area (Å²) in [6.07, 6.45) is 2.93. The van der Waals surface area contributed by atoms with E-state index in [1.165, 1.54) is 11.1 Å². The van der Waals surface area contributed by atoms with Gasteiger partial charge in [-0.1, -0.05) is 15.9 Å². The van der Waals surface area contributed by atoms with Gasteiger partial charge in [-0.05, 0) is 49.9 Å². The molecule has 0 aromatic heterocycles. The number of aldehydes is 1. The summed E-state index contributed by atoms with van der Waals surface area (Å²) >= 11 is 3.53. The second-order valence-electron chi connectivity index (χ2n) is 4.32. The number of carbonyl (C=O) groups excluding carboxylic acids is 1. The fraction of sp³-hybridized carbons (Fsp3) is 0.417. The van der Waals surface area contributed by atoms with E-state index in [1.807, 2.05) is 0 Å². The fourth-order valence-electron chi connectivity index (χ4n) is 1.71. The summed E-state index contributed by atoms with van der Waals surface area (Å²) in [5.74, 6) is 0. The molecule has 2 nitrogen and oxygen atoms in total. The third-order valence-corrected chi connectivity index (χ3v) is 4.09. The quantitative estimate of drug-likeness (QED) is 0.853. The molecule has 0 saturated heterocycles. The van der Waals surface area contributed by atoms with Gasteiger partial charge in [0.1, 0.15) is 6.29 Å². The van der Waals surface area contributed by atoms with Gasteiger partial charge in [0, 0.05) is 10.2 Å². The largest absolute Gasteiger partial charge is 0.373 e. The van der Waals surface area contributed by atoms with Crippen molar-refractivity contribution in [1.82, 2.24) is 0 Å². The van der Waals surface area contributed by atoms with Crippen LogP contribution in [0.5, 0.6) is 0 Å². The summed E-state index contributed by atoms with van der Waals surface area (Å²) in [5, 5.41) is 3.30. The van der Waals surface area contributed by atoms with Gasteiger partial charge in [-0.3, -0.25) is 0 Å². The van der Waals surface area contributed by atoms with Gasteiger partial charge in [0.05, 0.1) is 5.54 Å². The minimum absolute atomic E-state index is 0.271. The Morgan fingerprint density at radius 2 is 1.87 bits per heavy atom. The van der Waals surface area contributed by atoms with Crippen LogP contribution in [0.3, 0.4) is 0 Å². The van der Waals surface area contributed by atoms with Gasteiger partial charge in [0.25, 0.3) is 0 Å².